The Morgan fingerprint density at radius 1 is 0.328 bits per heavy atom. The van der Waals surface area contributed by atoms with Crippen LogP contribution in [0, 0.1) is 17.8 Å². The van der Waals surface area contributed by atoms with Crippen LogP contribution in [0.3, 0.4) is 0 Å². The van der Waals surface area contributed by atoms with Crippen molar-refractivity contribution in [1.29, 1.82) is 0 Å². The molecule has 0 saturated carbocycles. The van der Waals surface area contributed by atoms with Gasteiger partial charge < -0.3 is 14.2 Å². The third-order valence-electron chi connectivity index (χ3n) is 13.1. The van der Waals surface area contributed by atoms with E-state index in [1.54, 1.807) is 0 Å². The van der Waals surface area contributed by atoms with Gasteiger partial charge in [-0.05, 0) is 37.0 Å². The van der Waals surface area contributed by atoms with Crippen LogP contribution in [0.5, 0.6) is 0 Å². The molecule has 0 heterocycles. The fraction of sp³-hybridized carbons (Fsp3) is 0.945. The highest BCUT2D eigenvalue weighted by atomic mass is 16.6. The third kappa shape index (κ3) is 46.2. The van der Waals surface area contributed by atoms with E-state index < -0.39 is 6.10 Å². The Balaban J connectivity index is 4.16. The zero-order valence-electron chi connectivity index (χ0n) is 42.0. The number of carbonyl (C=O) groups excluding carboxylic acids is 3. The predicted octanol–water partition coefficient (Wildman–Crippen LogP) is 17.6. The van der Waals surface area contributed by atoms with E-state index in [0.717, 1.165) is 75.5 Å². The maximum atomic E-state index is 12.7. The van der Waals surface area contributed by atoms with Crippen LogP contribution >= 0.6 is 0 Å². The monoisotopic (exact) mass is 863 g/mol. The quantitative estimate of drug-likeness (QED) is 0.0344. The molecule has 0 radical (unpaired) electrons. The number of esters is 3. The maximum absolute atomic E-state index is 12.7. The van der Waals surface area contributed by atoms with Crippen molar-refractivity contribution in [2.24, 2.45) is 17.8 Å². The van der Waals surface area contributed by atoms with Gasteiger partial charge in [0, 0.05) is 19.3 Å². The van der Waals surface area contributed by atoms with Gasteiger partial charge in [0.2, 0.25) is 0 Å². The summed E-state index contributed by atoms with van der Waals surface area (Å²) in [5.74, 6) is 1.66. The minimum absolute atomic E-state index is 0.0657. The number of rotatable bonds is 48. The lowest BCUT2D eigenvalue weighted by molar-refractivity contribution is -0.167. The van der Waals surface area contributed by atoms with Crippen molar-refractivity contribution in [3.63, 3.8) is 0 Å². The first-order chi connectivity index (χ1) is 29.7. The summed E-state index contributed by atoms with van der Waals surface area (Å²) in [7, 11) is 0. The second-order valence-corrected chi connectivity index (χ2v) is 19.8. The highest BCUT2D eigenvalue weighted by molar-refractivity contribution is 5.71. The molecule has 0 aliphatic rings. The van der Waals surface area contributed by atoms with Crippen LogP contribution in [0.2, 0.25) is 0 Å². The highest BCUT2D eigenvalue weighted by Gasteiger charge is 2.19. The van der Waals surface area contributed by atoms with E-state index >= 15 is 0 Å². The van der Waals surface area contributed by atoms with Gasteiger partial charge in [0.05, 0.1) is 0 Å². The summed E-state index contributed by atoms with van der Waals surface area (Å²) in [6.45, 7) is 13.7. The molecule has 0 aromatic rings. The van der Waals surface area contributed by atoms with Gasteiger partial charge in [-0.1, -0.05) is 260 Å². The SMILES string of the molecule is CCC(C)CCCCCCCCCCCCCCCCCCCCC(=O)OC[C@@H](COC(=O)CCCCCCCCCCC(C)CC)OC(=O)CCCCCCCCC(C)C. The van der Waals surface area contributed by atoms with Crippen molar-refractivity contribution in [2.75, 3.05) is 13.2 Å². The first-order valence-corrected chi connectivity index (χ1v) is 27.2. The highest BCUT2D eigenvalue weighted by Crippen LogP contribution is 2.19. The molecule has 61 heavy (non-hydrogen) atoms. The molecule has 6 heteroatoms. The average molecular weight is 863 g/mol. The molecule has 362 valence electrons. The lowest BCUT2D eigenvalue weighted by Crippen LogP contribution is -2.30. The first kappa shape index (κ1) is 59.4. The largest absolute Gasteiger partial charge is 0.462 e. The Bertz CT molecular complexity index is 949. The van der Waals surface area contributed by atoms with E-state index in [9.17, 15) is 14.4 Å². The number of carbonyl (C=O) groups is 3. The van der Waals surface area contributed by atoms with Crippen molar-refractivity contribution in [2.45, 2.75) is 304 Å². The standard InChI is InChI=1S/C55H106O6/c1-7-50(5)42-36-30-23-19-17-15-13-11-9-10-12-14-16-18-20-25-32-38-44-53(56)59-47-52(61-55(58)46-40-34-28-27-29-35-41-49(3)4)48-60-54(57)45-39-33-26-22-21-24-31-37-43-51(6)8-2/h49-52H,7-48H2,1-6H3/t50?,51?,52-/m0/s1. The fourth-order valence-electron chi connectivity index (χ4n) is 8.23. The van der Waals surface area contributed by atoms with Crippen molar-refractivity contribution >= 4 is 17.9 Å². The van der Waals surface area contributed by atoms with E-state index in [-0.39, 0.29) is 31.1 Å². The maximum Gasteiger partial charge on any atom is 0.306 e. The molecule has 0 aliphatic carbocycles. The molecule has 3 atom stereocenters. The van der Waals surface area contributed by atoms with Gasteiger partial charge in [-0.2, -0.15) is 0 Å². The van der Waals surface area contributed by atoms with E-state index in [0.29, 0.717) is 19.3 Å². The molecule has 0 fully saturated rings. The molecule has 0 aliphatic heterocycles. The van der Waals surface area contributed by atoms with Crippen LogP contribution in [-0.4, -0.2) is 37.2 Å². The number of ether oxygens (including phenoxy) is 3. The molecule has 0 rings (SSSR count). The fourth-order valence-corrected chi connectivity index (χ4v) is 8.23. The topological polar surface area (TPSA) is 78.9 Å². The van der Waals surface area contributed by atoms with Gasteiger partial charge in [-0.15, -0.1) is 0 Å². The molecule has 0 bridgehead atoms. The molecule has 0 amide bonds. The molecule has 0 spiro atoms. The van der Waals surface area contributed by atoms with Crippen molar-refractivity contribution in [1.82, 2.24) is 0 Å². The van der Waals surface area contributed by atoms with Crippen LogP contribution < -0.4 is 0 Å². The summed E-state index contributed by atoms with van der Waals surface area (Å²) >= 11 is 0. The third-order valence-corrected chi connectivity index (χ3v) is 13.1. The first-order valence-electron chi connectivity index (χ1n) is 27.2. The number of hydrogen-bond acceptors (Lipinski definition) is 6. The summed E-state index contributed by atoms with van der Waals surface area (Å²) in [6, 6.07) is 0. The normalized spacial score (nSPS) is 13.0. The van der Waals surface area contributed by atoms with Crippen LogP contribution in [-0.2, 0) is 28.6 Å². The number of hydrogen-bond donors (Lipinski definition) is 0. The van der Waals surface area contributed by atoms with Crippen LogP contribution in [0.15, 0.2) is 0 Å². The average Bonchev–Trinajstić information content (AvgIpc) is 3.24. The Labute approximate surface area is 380 Å². The van der Waals surface area contributed by atoms with Crippen molar-refractivity contribution in [3.8, 4) is 0 Å². The summed E-state index contributed by atoms with van der Waals surface area (Å²) in [6.07, 6.45) is 46.8. The van der Waals surface area contributed by atoms with Crippen molar-refractivity contribution in [3.05, 3.63) is 0 Å². The lowest BCUT2D eigenvalue weighted by Gasteiger charge is -2.18. The lowest BCUT2D eigenvalue weighted by atomic mass is 9.99. The van der Waals surface area contributed by atoms with Gasteiger partial charge in [0.15, 0.2) is 6.10 Å². The summed E-state index contributed by atoms with van der Waals surface area (Å²) in [4.78, 5) is 37.9. The minimum atomic E-state index is -0.763. The molecular weight excluding hydrogens is 757 g/mol. The van der Waals surface area contributed by atoms with E-state index in [4.69, 9.17) is 14.2 Å². The Kier molecular flexibility index (Phi) is 45.2. The van der Waals surface area contributed by atoms with E-state index in [1.165, 1.54) is 180 Å². The molecular formula is C55H106O6. The van der Waals surface area contributed by atoms with E-state index in [2.05, 4.69) is 41.5 Å². The smallest absolute Gasteiger partial charge is 0.306 e. The second kappa shape index (κ2) is 46.4. The van der Waals surface area contributed by atoms with Gasteiger partial charge in [0.25, 0.3) is 0 Å². The van der Waals surface area contributed by atoms with Gasteiger partial charge in [-0.3, -0.25) is 14.4 Å². The van der Waals surface area contributed by atoms with Gasteiger partial charge in [0.1, 0.15) is 13.2 Å². The Morgan fingerprint density at radius 3 is 0.852 bits per heavy atom. The van der Waals surface area contributed by atoms with Crippen molar-refractivity contribution < 1.29 is 28.6 Å². The van der Waals surface area contributed by atoms with E-state index in [1.807, 2.05) is 0 Å². The molecule has 0 saturated heterocycles. The minimum Gasteiger partial charge on any atom is -0.462 e. The number of unbranched alkanes of at least 4 members (excludes halogenated alkanes) is 29. The molecule has 6 nitrogen and oxygen atoms in total. The summed E-state index contributed by atoms with van der Waals surface area (Å²) in [5.41, 5.74) is 0. The molecule has 0 aromatic carbocycles. The molecule has 0 aromatic heterocycles. The molecule has 2 unspecified atom stereocenters. The van der Waals surface area contributed by atoms with Gasteiger partial charge in [-0.25, -0.2) is 0 Å². The molecule has 0 N–H and O–H groups in total. The second-order valence-electron chi connectivity index (χ2n) is 19.8. The zero-order valence-corrected chi connectivity index (χ0v) is 42.0. The van der Waals surface area contributed by atoms with Crippen LogP contribution in [0.4, 0.5) is 0 Å². The van der Waals surface area contributed by atoms with Crippen LogP contribution in [0.25, 0.3) is 0 Å². The Morgan fingerprint density at radius 2 is 0.574 bits per heavy atom. The zero-order chi connectivity index (χ0) is 44.9. The van der Waals surface area contributed by atoms with Crippen LogP contribution in [0.1, 0.15) is 298 Å². The van der Waals surface area contributed by atoms with Gasteiger partial charge >= 0.3 is 17.9 Å². The summed E-state index contributed by atoms with van der Waals surface area (Å²) in [5, 5.41) is 0. The predicted molar refractivity (Wildman–Crippen MR) is 261 cm³/mol. The summed E-state index contributed by atoms with van der Waals surface area (Å²) < 4.78 is 16.8. The Hall–Kier alpha value is -1.59.